The van der Waals surface area contributed by atoms with Crippen LogP contribution in [0, 0.1) is 6.92 Å². The molecule has 0 saturated heterocycles. The van der Waals surface area contributed by atoms with E-state index in [1.807, 2.05) is 0 Å². The van der Waals surface area contributed by atoms with Gasteiger partial charge >= 0.3 is 0 Å². The highest BCUT2D eigenvalue weighted by Crippen LogP contribution is 2.25. The molecule has 12 heavy (non-hydrogen) atoms. The number of benzene rings is 1. The van der Waals surface area contributed by atoms with E-state index in [1.165, 1.54) is 22.2 Å². The average Bonchev–Trinajstić information content (AvgIpc) is 2.07. The Bertz CT molecular complexity index is 466. The minimum atomic E-state index is 1.06. The van der Waals surface area contributed by atoms with Gasteiger partial charge in [0.2, 0.25) is 0 Å². The molecule has 2 aromatic rings. The number of aryl methyl sites for hydroxylation is 1. The fourth-order valence-electron chi connectivity index (χ4n) is 1.87. The Morgan fingerprint density at radius 2 is 2.17 bits per heavy atom. The Hall–Kier alpha value is -1.37. The van der Waals surface area contributed by atoms with Gasteiger partial charge in [-0.15, -0.1) is 0 Å². The molecule has 0 saturated carbocycles. The number of hydrogen-bond donors (Lipinski definition) is 0. The van der Waals surface area contributed by atoms with Crippen LogP contribution in [-0.4, -0.2) is 4.98 Å². The van der Waals surface area contributed by atoms with Crippen molar-refractivity contribution in [3.63, 3.8) is 0 Å². The molecule has 1 aromatic carbocycles. The molecule has 3 bridgehead atoms. The molecular formula is C11H9N. The maximum Gasteiger partial charge on any atom is 0.0705 e. The number of rotatable bonds is 0. The summed E-state index contributed by atoms with van der Waals surface area (Å²) in [5.74, 6) is 0. The van der Waals surface area contributed by atoms with Gasteiger partial charge in [0.1, 0.15) is 0 Å². The molecule has 0 fully saturated rings. The van der Waals surface area contributed by atoms with Gasteiger partial charge in [-0.3, -0.25) is 4.98 Å². The van der Waals surface area contributed by atoms with Crippen LogP contribution in [0.2, 0.25) is 0 Å². The molecule has 1 heteroatoms. The van der Waals surface area contributed by atoms with E-state index in [-0.39, 0.29) is 0 Å². The number of aromatic nitrogens is 1. The highest BCUT2D eigenvalue weighted by molar-refractivity contribution is 5.82. The molecule has 1 aliphatic rings. The fourth-order valence-corrected chi connectivity index (χ4v) is 1.87. The molecule has 3 rings (SSSR count). The summed E-state index contributed by atoms with van der Waals surface area (Å²) in [4.78, 5) is 4.52. The van der Waals surface area contributed by atoms with Crippen molar-refractivity contribution in [1.29, 1.82) is 0 Å². The second-order valence-electron chi connectivity index (χ2n) is 3.44. The predicted molar refractivity (Wildman–Crippen MR) is 49.3 cm³/mol. The van der Waals surface area contributed by atoms with Crippen molar-refractivity contribution >= 4 is 10.9 Å². The van der Waals surface area contributed by atoms with Crippen molar-refractivity contribution < 1.29 is 0 Å². The van der Waals surface area contributed by atoms with Crippen LogP contribution in [-0.2, 0) is 6.42 Å². The molecule has 0 atom stereocenters. The van der Waals surface area contributed by atoms with Crippen LogP contribution in [0.25, 0.3) is 10.9 Å². The van der Waals surface area contributed by atoms with Crippen LogP contribution in [0.3, 0.4) is 0 Å². The molecule has 0 radical (unpaired) electrons. The Morgan fingerprint density at radius 1 is 1.25 bits per heavy atom. The number of nitrogens with zero attached hydrogens (tertiary/aromatic N) is 1. The predicted octanol–water partition coefficient (Wildman–Crippen LogP) is 2.45. The summed E-state index contributed by atoms with van der Waals surface area (Å²) in [5, 5.41) is 1.29. The summed E-state index contributed by atoms with van der Waals surface area (Å²) in [6, 6.07) is 8.77. The summed E-state index contributed by atoms with van der Waals surface area (Å²) in [7, 11) is 0. The largest absolute Gasteiger partial charge is 0.253 e. The van der Waals surface area contributed by atoms with Gasteiger partial charge < -0.3 is 0 Å². The van der Waals surface area contributed by atoms with Crippen LogP contribution >= 0.6 is 0 Å². The topological polar surface area (TPSA) is 12.9 Å². The lowest BCUT2D eigenvalue weighted by atomic mass is 9.95. The quantitative estimate of drug-likeness (QED) is 0.486. The Labute approximate surface area is 71.1 Å². The van der Waals surface area contributed by atoms with Gasteiger partial charge in [-0.05, 0) is 42.7 Å². The molecule has 0 spiro atoms. The van der Waals surface area contributed by atoms with Crippen molar-refractivity contribution in [2.45, 2.75) is 13.3 Å². The Balaban J connectivity index is 2.60. The average molecular weight is 155 g/mol. The SMILES string of the molecule is Cc1nc2ccc3cc2cc1C3. The van der Waals surface area contributed by atoms with Gasteiger partial charge in [0.15, 0.2) is 0 Å². The van der Waals surface area contributed by atoms with Crippen LogP contribution < -0.4 is 0 Å². The third-order valence-corrected chi connectivity index (χ3v) is 2.57. The summed E-state index contributed by atoms with van der Waals surface area (Å²) in [6.45, 7) is 2.09. The molecule has 1 aromatic heterocycles. The molecule has 58 valence electrons. The summed E-state index contributed by atoms with van der Waals surface area (Å²) >= 11 is 0. The maximum absolute atomic E-state index is 4.52. The molecule has 0 amide bonds. The van der Waals surface area contributed by atoms with Crippen LogP contribution in [0.5, 0.6) is 0 Å². The summed E-state index contributed by atoms with van der Waals surface area (Å²) < 4.78 is 0. The Kier molecular flexibility index (Phi) is 0.959. The number of fused-ring (bicyclic) bond motifs is 2. The van der Waals surface area contributed by atoms with Crippen molar-refractivity contribution in [3.8, 4) is 0 Å². The van der Waals surface area contributed by atoms with Crippen molar-refractivity contribution in [1.82, 2.24) is 4.98 Å². The van der Waals surface area contributed by atoms with Gasteiger partial charge in [0, 0.05) is 11.1 Å². The monoisotopic (exact) mass is 155 g/mol. The number of pyridine rings is 1. The van der Waals surface area contributed by atoms with Crippen molar-refractivity contribution in [3.05, 3.63) is 41.1 Å². The zero-order valence-corrected chi connectivity index (χ0v) is 6.96. The van der Waals surface area contributed by atoms with E-state index >= 15 is 0 Å². The van der Waals surface area contributed by atoms with Gasteiger partial charge in [0.25, 0.3) is 0 Å². The Morgan fingerprint density at radius 3 is 3.08 bits per heavy atom. The van der Waals surface area contributed by atoms with E-state index in [1.54, 1.807) is 0 Å². The van der Waals surface area contributed by atoms with Crippen LogP contribution in [0.4, 0.5) is 0 Å². The van der Waals surface area contributed by atoms with Crippen LogP contribution in [0.15, 0.2) is 24.3 Å². The molecule has 0 unspecified atom stereocenters. The lowest BCUT2D eigenvalue weighted by Crippen LogP contribution is -2.00. The van der Waals surface area contributed by atoms with Gasteiger partial charge in [-0.25, -0.2) is 0 Å². The van der Waals surface area contributed by atoms with E-state index in [9.17, 15) is 0 Å². The molecule has 1 nitrogen and oxygen atoms in total. The zero-order valence-electron chi connectivity index (χ0n) is 6.96. The van der Waals surface area contributed by atoms with E-state index in [2.05, 4.69) is 36.2 Å². The first-order valence-electron chi connectivity index (χ1n) is 4.22. The highest BCUT2D eigenvalue weighted by Gasteiger charge is 2.09. The number of hydrogen-bond acceptors (Lipinski definition) is 1. The summed E-state index contributed by atoms with van der Waals surface area (Å²) in [5.41, 5.74) is 5.11. The maximum atomic E-state index is 4.52. The summed E-state index contributed by atoms with van der Waals surface area (Å²) in [6.07, 6.45) is 1.06. The van der Waals surface area contributed by atoms with Gasteiger partial charge in [-0.1, -0.05) is 6.07 Å². The van der Waals surface area contributed by atoms with Crippen LogP contribution in [0.1, 0.15) is 16.8 Å². The lowest BCUT2D eigenvalue weighted by Gasteiger charge is -2.13. The fraction of sp³-hybridized carbons (Fsp3) is 0.182. The van der Waals surface area contributed by atoms with Crippen molar-refractivity contribution in [2.75, 3.05) is 0 Å². The van der Waals surface area contributed by atoms with Gasteiger partial charge in [-0.2, -0.15) is 0 Å². The highest BCUT2D eigenvalue weighted by atomic mass is 14.7. The minimum absolute atomic E-state index is 1.06. The standard InChI is InChI=1S/C11H9N/c1-7-9-4-8-2-3-11(12-7)10(5-8)6-9/h2-3,5-6H,4H2,1H3. The molecule has 0 aliphatic heterocycles. The van der Waals surface area contributed by atoms with Gasteiger partial charge in [0.05, 0.1) is 5.52 Å². The van der Waals surface area contributed by atoms with E-state index in [0.29, 0.717) is 0 Å². The second-order valence-corrected chi connectivity index (χ2v) is 3.44. The first-order chi connectivity index (χ1) is 5.83. The molecule has 1 aliphatic carbocycles. The third kappa shape index (κ3) is 0.658. The second kappa shape index (κ2) is 1.86. The van der Waals surface area contributed by atoms with E-state index < -0.39 is 0 Å². The third-order valence-electron chi connectivity index (χ3n) is 2.57. The lowest BCUT2D eigenvalue weighted by molar-refractivity contribution is 1.08. The van der Waals surface area contributed by atoms with Crippen molar-refractivity contribution in [2.24, 2.45) is 0 Å². The smallest absolute Gasteiger partial charge is 0.0705 e. The molecule has 1 heterocycles. The first-order valence-corrected chi connectivity index (χ1v) is 4.22. The van der Waals surface area contributed by atoms with E-state index in [0.717, 1.165) is 11.9 Å². The molecule has 0 N–H and O–H groups in total. The minimum Gasteiger partial charge on any atom is -0.253 e. The molecular weight excluding hydrogens is 146 g/mol. The van der Waals surface area contributed by atoms with E-state index in [4.69, 9.17) is 0 Å². The normalized spacial score (nSPS) is 13.1. The zero-order chi connectivity index (χ0) is 8.13. The first kappa shape index (κ1) is 6.18.